The molecular weight excluding hydrogens is 534 g/mol. The molecule has 2 N–H and O–H groups in total. The summed E-state index contributed by atoms with van der Waals surface area (Å²) in [5.74, 6) is -0.706. The number of aryl methyl sites for hydroxylation is 3. The molecule has 3 aromatic rings. The highest BCUT2D eigenvalue weighted by Crippen LogP contribution is 2.25. The summed E-state index contributed by atoms with van der Waals surface area (Å²) in [7, 11) is -7.28. The Labute approximate surface area is 231 Å². The number of para-hydroxylation sites is 1. The first-order valence-electron chi connectivity index (χ1n) is 13.1. The number of carbonyl (C=O) groups excluding carboxylic acids is 1. The number of piperidine rings is 1. The summed E-state index contributed by atoms with van der Waals surface area (Å²) in [6, 6.07) is 21.3. The zero-order chi connectivity index (χ0) is 28.0. The van der Waals surface area contributed by atoms with Gasteiger partial charge in [0.15, 0.2) is 0 Å². The van der Waals surface area contributed by atoms with Crippen LogP contribution in [0.5, 0.6) is 0 Å². The maximum atomic E-state index is 13.0. The van der Waals surface area contributed by atoms with Crippen molar-refractivity contribution in [2.75, 3.05) is 28.9 Å². The predicted octanol–water partition coefficient (Wildman–Crippen LogP) is 4.72. The number of anilines is 2. The molecule has 1 amide bonds. The molecule has 1 fully saturated rings. The average molecular weight is 570 g/mol. The third-order valence-corrected chi connectivity index (χ3v) is 10.3. The lowest BCUT2D eigenvalue weighted by molar-refractivity contribution is -0.120. The predicted molar refractivity (Wildman–Crippen MR) is 155 cm³/mol. The van der Waals surface area contributed by atoms with Crippen molar-refractivity contribution in [2.24, 2.45) is 5.92 Å². The van der Waals surface area contributed by atoms with Crippen LogP contribution >= 0.6 is 0 Å². The first-order chi connectivity index (χ1) is 18.5. The topological polar surface area (TPSA) is 113 Å². The molecule has 4 rings (SSSR count). The van der Waals surface area contributed by atoms with Crippen LogP contribution in [-0.4, -0.2) is 45.9 Å². The number of nitrogens with zero attached hydrogens (tertiary/aromatic N) is 1. The number of benzene rings is 3. The van der Waals surface area contributed by atoms with E-state index in [0.29, 0.717) is 43.6 Å². The third-order valence-electron chi connectivity index (χ3n) is 7.01. The van der Waals surface area contributed by atoms with Gasteiger partial charge in [-0.15, -0.1) is 0 Å². The molecule has 0 bridgehead atoms. The van der Waals surface area contributed by atoms with Crippen LogP contribution in [0.2, 0.25) is 0 Å². The largest absolute Gasteiger partial charge is 0.326 e. The van der Waals surface area contributed by atoms with E-state index >= 15 is 0 Å². The van der Waals surface area contributed by atoms with Crippen LogP contribution < -0.4 is 10.0 Å². The number of hydrogen-bond donors (Lipinski definition) is 2. The molecule has 10 heteroatoms. The van der Waals surface area contributed by atoms with Crippen LogP contribution in [0.3, 0.4) is 0 Å². The second-order valence-corrected chi connectivity index (χ2v) is 13.8. The van der Waals surface area contributed by atoms with Gasteiger partial charge >= 0.3 is 0 Å². The van der Waals surface area contributed by atoms with E-state index in [-0.39, 0.29) is 23.1 Å². The highest BCUT2D eigenvalue weighted by Gasteiger charge is 2.32. The van der Waals surface area contributed by atoms with Crippen molar-refractivity contribution >= 4 is 37.3 Å². The van der Waals surface area contributed by atoms with E-state index in [4.69, 9.17) is 0 Å². The molecule has 39 heavy (non-hydrogen) atoms. The monoisotopic (exact) mass is 569 g/mol. The first-order valence-corrected chi connectivity index (χ1v) is 16.2. The van der Waals surface area contributed by atoms with Gasteiger partial charge in [0.2, 0.25) is 15.9 Å². The minimum absolute atomic E-state index is 0.0439. The lowest BCUT2D eigenvalue weighted by Gasteiger charge is -2.31. The van der Waals surface area contributed by atoms with E-state index < -0.39 is 26.0 Å². The van der Waals surface area contributed by atoms with Crippen molar-refractivity contribution in [3.05, 3.63) is 89.5 Å². The van der Waals surface area contributed by atoms with E-state index in [1.807, 2.05) is 62.4 Å². The van der Waals surface area contributed by atoms with E-state index in [1.54, 1.807) is 0 Å². The van der Waals surface area contributed by atoms with Crippen LogP contribution in [0.15, 0.2) is 77.7 Å². The van der Waals surface area contributed by atoms with Crippen molar-refractivity contribution in [1.82, 2.24) is 4.31 Å². The Bertz CT molecular complexity index is 1490. The van der Waals surface area contributed by atoms with E-state index in [0.717, 1.165) is 16.7 Å². The Morgan fingerprint density at radius 1 is 0.897 bits per heavy atom. The molecule has 1 saturated heterocycles. The fourth-order valence-electron chi connectivity index (χ4n) is 4.77. The fourth-order valence-corrected chi connectivity index (χ4v) is 7.56. The van der Waals surface area contributed by atoms with Crippen molar-refractivity contribution in [1.29, 1.82) is 0 Å². The Kier molecular flexibility index (Phi) is 9.09. The van der Waals surface area contributed by atoms with Crippen LogP contribution in [0.4, 0.5) is 11.4 Å². The van der Waals surface area contributed by atoms with Gasteiger partial charge in [0, 0.05) is 18.8 Å². The molecule has 1 aliphatic rings. The molecule has 1 atom stereocenters. The quantitative estimate of drug-likeness (QED) is 0.367. The lowest BCUT2D eigenvalue weighted by atomic mass is 9.99. The van der Waals surface area contributed by atoms with Gasteiger partial charge in [-0.05, 0) is 80.5 Å². The highest BCUT2D eigenvalue weighted by molar-refractivity contribution is 7.92. The van der Waals surface area contributed by atoms with Gasteiger partial charge in [-0.25, -0.2) is 21.1 Å². The summed E-state index contributed by atoms with van der Waals surface area (Å²) < 4.78 is 55.8. The van der Waals surface area contributed by atoms with E-state index in [1.165, 1.54) is 28.6 Å². The van der Waals surface area contributed by atoms with Crippen LogP contribution in [0.1, 0.15) is 36.0 Å². The van der Waals surface area contributed by atoms with Gasteiger partial charge in [0.05, 0.1) is 22.3 Å². The number of nitrogens with one attached hydrogen (secondary N) is 2. The molecular formula is C29H35N3O5S2. The van der Waals surface area contributed by atoms with Gasteiger partial charge in [0.1, 0.15) is 0 Å². The number of amides is 1. The van der Waals surface area contributed by atoms with Gasteiger partial charge in [0.25, 0.3) is 10.0 Å². The highest BCUT2D eigenvalue weighted by atomic mass is 32.2. The van der Waals surface area contributed by atoms with Crippen LogP contribution in [0, 0.1) is 19.8 Å². The standard InChI is InChI=1S/C29H35N3O5S2/c1-22-9-6-10-23(2)28(22)31-39(36,37)27-17-15-26(16-18-27)30-29(33)25-14-7-19-32(21-25)38(34,35)20-8-13-24-11-4-3-5-12-24/h3-6,9-12,15-18,25,31H,7-8,13-14,19-21H2,1-2H3,(H,30,33)/t25-/m0/s1. The van der Waals surface area contributed by atoms with Crippen molar-refractivity contribution in [2.45, 2.75) is 44.4 Å². The minimum atomic E-state index is -3.81. The van der Waals surface area contributed by atoms with Gasteiger partial charge in [-0.1, -0.05) is 48.5 Å². The van der Waals surface area contributed by atoms with Crippen molar-refractivity contribution in [3.63, 3.8) is 0 Å². The zero-order valence-electron chi connectivity index (χ0n) is 22.3. The third kappa shape index (κ3) is 7.46. The minimum Gasteiger partial charge on any atom is -0.326 e. The summed E-state index contributed by atoms with van der Waals surface area (Å²) in [6.07, 6.45) is 2.40. The zero-order valence-corrected chi connectivity index (χ0v) is 23.9. The SMILES string of the molecule is Cc1cccc(C)c1NS(=O)(=O)c1ccc(NC(=O)[C@H]2CCCN(S(=O)(=O)CCCc3ccccc3)C2)cc1. The molecule has 0 aliphatic carbocycles. The Morgan fingerprint density at radius 2 is 1.56 bits per heavy atom. The summed E-state index contributed by atoms with van der Waals surface area (Å²) in [4.78, 5) is 13.1. The van der Waals surface area contributed by atoms with E-state index in [2.05, 4.69) is 10.0 Å². The molecule has 208 valence electrons. The summed E-state index contributed by atoms with van der Waals surface area (Å²) in [5, 5.41) is 2.82. The molecule has 1 heterocycles. The maximum absolute atomic E-state index is 13.0. The second-order valence-electron chi connectivity index (χ2n) is 9.99. The summed E-state index contributed by atoms with van der Waals surface area (Å²) in [6.45, 7) is 4.24. The van der Waals surface area contributed by atoms with Gasteiger partial charge in [-0.2, -0.15) is 0 Å². The van der Waals surface area contributed by atoms with Crippen molar-refractivity contribution in [3.8, 4) is 0 Å². The molecule has 8 nitrogen and oxygen atoms in total. The molecule has 1 aliphatic heterocycles. The van der Waals surface area contributed by atoms with Crippen molar-refractivity contribution < 1.29 is 21.6 Å². The van der Waals surface area contributed by atoms with Crippen LogP contribution in [0.25, 0.3) is 0 Å². The van der Waals surface area contributed by atoms with Gasteiger partial charge < -0.3 is 5.32 Å². The Balaban J connectivity index is 1.34. The fraction of sp³-hybridized carbons (Fsp3) is 0.345. The number of carbonyl (C=O) groups is 1. The second kappa shape index (κ2) is 12.3. The van der Waals surface area contributed by atoms with E-state index in [9.17, 15) is 21.6 Å². The number of rotatable bonds is 10. The normalized spacial score (nSPS) is 16.5. The maximum Gasteiger partial charge on any atom is 0.261 e. The number of hydrogen-bond acceptors (Lipinski definition) is 5. The average Bonchev–Trinajstić information content (AvgIpc) is 2.92. The molecule has 0 unspecified atom stereocenters. The molecule has 0 spiro atoms. The lowest BCUT2D eigenvalue weighted by Crippen LogP contribution is -2.44. The molecule has 0 aromatic heterocycles. The summed E-state index contributed by atoms with van der Waals surface area (Å²) in [5.41, 5.74) is 3.74. The number of sulfonamides is 2. The Morgan fingerprint density at radius 3 is 2.23 bits per heavy atom. The summed E-state index contributed by atoms with van der Waals surface area (Å²) >= 11 is 0. The first kappa shape index (κ1) is 28.8. The molecule has 0 radical (unpaired) electrons. The Hall–Kier alpha value is -3.21. The molecule has 3 aromatic carbocycles. The smallest absolute Gasteiger partial charge is 0.261 e. The molecule has 0 saturated carbocycles. The van der Waals surface area contributed by atoms with Gasteiger partial charge in [-0.3, -0.25) is 9.52 Å². The van der Waals surface area contributed by atoms with Crippen LogP contribution in [-0.2, 0) is 31.3 Å².